The molecule has 1 aliphatic heterocycles. The highest BCUT2D eigenvalue weighted by molar-refractivity contribution is 5.33. The summed E-state index contributed by atoms with van der Waals surface area (Å²) in [6.07, 6.45) is 1.47. The van der Waals surface area contributed by atoms with Gasteiger partial charge >= 0.3 is 0 Å². The van der Waals surface area contributed by atoms with Gasteiger partial charge in [0.25, 0.3) is 0 Å². The van der Waals surface area contributed by atoms with Crippen LogP contribution in [0.5, 0.6) is 0 Å². The van der Waals surface area contributed by atoms with Gasteiger partial charge in [-0.3, -0.25) is 0 Å². The fourth-order valence-corrected chi connectivity index (χ4v) is 1.95. The molecule has 0 amide bonds. The van der Waals surface area contributed by atoms with Crippen molar-refractivity contribution in [2.24, 2.45) is 0 Å². The molecule has 5 heteroatoms. The molecule has 0 fully saturated rings. The number of hydrogen-bond acceptors (Lipinski definition) is 5. The van der Waals surface area contributed by atoms with Crippen LogP contribution in [-0.2, 0) is 19.4 Å². The van der Waals surface area contributed by atoms with Crippen LogP contribution >= 0.6 is 0 Å². The van der Waals surface area contributed by atoms with E-state index < -0.39 is 0 Å². The smallest absolute Gasteiger partial charge is 0.220 e. The second kappa shape index (κ2) is 4.12. The predicted octanol–water partition coefficient (Wildman–Crippen LogP) is -0.419. The summed E-state index contributed by atoms with van der Waals surface area (Å²) in [4.78, 5) is 10.7. The van der Waals surface area contributed by atoms with Gasteiger partial charge in [-0.05, 0) is 7.05 Å². The highest BCUT2D eigenvalue weighted by Gasteiger charge is 2.19. The van der Waals surface area contributed by atoms with Gasteiger partial charge in [0.2, 0.25) is 5.95 Å². The van der Waals surface area contributed by atoms with E-state index in [9.17, 15) is 0 Å². The van der Waals surface area contributed by atoms with Gasteiger partial charge in [-0.2, -0.15) is 0 Å². The average molecular weight is 208 g/mol. The maximum absolute atomic E-state index is 8.96. The van der Waals surface area contributed by atoms with E-state index in [1.54, 1.807) is 0 Å². The first-order valence-electron chi connectivity index (χ1n) is 5.14. The van der Waals surface area contributed by atoms with Crippen LogP contribution < -0.4 is 5.73 Å². The Morgan fingerprint density at radius 2 is 2.27 bits per heavy atom. The predicted molar refractivity (Wildman–Crippen MR) is 57.3 cm³/mol. The molecule has 0 radical (unpaired) electrons. The van der Waals surface area contributed by atoms with Crippen molar-refractivity contribution in [3.8, 4) is 0 Å². The van der Waals surface area contributed by atoms with Crippen molar-refractivity contribution in [1.82, 2.24) is 14.9 Å². The zero-order valence-electron chi connectivity index (χ0n) is 8.90. The van der Waals surface area contributed by atoms with Crippen LogP contribution in [0.4, 0.5) is 5.95 Å². The summed E-state index contributed by atoms with van der Waals surface area (Å²) in [5.41, 5.74) is 8.72. The number of nitrogens with two attached hydrogens (primary N) is 1. The quantitative estimate of drug-likeness (QED) is 0.690. The fraction of sp³-hybridized carbons (Fsp3) is 0.600. The largest absolute Gasteiger partial charge is 0.396 e. The lowest BCUT2D eigenvalue weighted by molar-refractivity contribution is 0.289. The van der Waals surface area contributed by atoms with E-state index in [2.05, 4.69) is 21.9 Å². The van der Waals surface area contributed by atoms with E-state index in [0.29, 0.717) is 12.4 Å². The molecule has 2 rings (SSSR count). The van der Waals surface area contributed by atoms with Crippen LogP contribution in [0.25, 0.3) is 0 Å². The third-order valence-electron chi connectivity index (χ3n) is 2.70. The summed E-state index contributed by atoms with van der Waals surface area (Å²) in [5.74, 6) is 0.321. The van der Waals surface area contributed by atoms with Crippen LogP contribution in [0.1, 0.15) is 17.0 Å². The molecule has 2 heterocycles. The van der Waals surface area contributed by atoms with E-state index in [0.717, 1.165) is 36.5 Å². The van der Waals surface area contributed by atoms with Crippen molar-refractivity contribution >= 4 is 5.95 Å². The lowest BCUT2D eigenvalue weighted by Gasteiger charge is -2.25. The van der Waals surface area contributed by atoms with Crippen molar-refractivity contribution in [3.05, 3.63) is 17.0 Å². The Hall–Kier alpha value is -1.20. The Morgan fingerprint density at radius 1 is 1.47 bits per heavy atom. The Labute approximate surface area is 88.9 Å². The zero-order chi connectivity index (χ0) is 10.8. The number of hydrogen-bond donors (Lipinski definition) is 2. The van der Waals surface area contributed by atoms with Crippen molar-refractivity contribution in [2.75, 3.05) is 25.9 Å². The summed E-state index contributed by atoms with van der Waals surface area (Å²) < 4.78 is 0. The molecular formula is C10H16N4O. The van der Waals surface area contributed by atoms with Gasteiger partial charge in [0.05, 0.1) is 11.4 Å². The van der Waals surface area contributed by atoms with Gasteiger partial charge in [-0.1, -0.05) is 0 Å². The normalized spacial score (nSPS) is 16.4. The minimum Gasteiger partial charge on any atom is -0.396 e. The molecule has 0 saturated heterocycles. The van der Waals surface area contributed by atoms with Gasteiger partial charge in [-0.25, -0.2) is 9.97 Å². The second-order valence-corrected chi connectivity index (χ2v) is 3.92. The van der Waals surface area contributed by atoms with Crippen LogP contribution in [0.2, 0.25) is 0 Å². The van der Waals surface area contributed by atoms with Gasteiger partial charge in [0, 0.05) is 38.1 Å². The Kier molecular flexibility index (Phi) is 2.83. The maximum atomic E-state index is 8.96. The van der Waals surface area contributed by atoms with Crippen LogP contribution in [0, 0.1) is 0 Å². The third kappa shape index (κ3) is 2.08. The van der Waals surface area contributed by atoms with E-state index in [1.165, 1.54) is 0 Å². The van der Waals surface area contributed by atoms with Gasteiger partial charge in [-0.15, -0.1) is 0 Å². The second-order valence-electron chi connectivity index (χ2n) is 3.92. The highest BCUT2D eigenvalue weighted by Crippen LogP contribution is 2.20. The molecule has 15 heavy (non-hydrogen) atoms. The minimum atomic E-state index is 0.104. The summed E-state index contributed by atoms with van der Waals surface area (Å²) in [5, 5.41) is 8.96. The monoisotopic (exact) mass is 208 g/mol. The maximum Gasteiger partial charge on any atom is 0.220 e. The third-order valence-corrected chi connectivity index (χ3v) is 2.70. The van der Waals surface area contributed by atoms with Gasteiger partial charge in [0.1, 0.15) is 0 Å². The Balaban J connectivity index is 2.40. The number of nitrogen functional groups attached to an aromatic ring is 1. The van der Waals surface area contributed by atoms with Crippen molar-refractivity contribution in [3.63, 3.8) is 0 Å². The molecular weight excluding hydrogens is 192 g/mol. The zero-order valence-corrected chi connectivity index (χ0v) is 8.90. The average Bonchev–Trinajstić information content (AvgIpc) is 2.19. The molecule has 3 N–H and O–H groups in total. The number of rotatable bonds is 2. The number of aliphatic hydroxyl groups is 1. The van der Waals surface area contributed by atoms with Crippen LogP contribution in [0.15, 0.2) is 0 Å². The molecule has 1 aliphatic rings. The molecule has 1 aromatic rings. The van der Waals surface area contributed by atoms with Gasteiger partial charge < -0.3 is 15.7 Å². The molecule has 0 aliphatic carbocycles. The van der Waals surface area contributed by atoms with Crippen LogP contribution in [0.3, 0.4) is 0 Å². The van der Waals surface area contributed by atoms with Crippen molar-refractivity contribution in [1.29, 1.82) is 0 Å². The molecule has 82 valence electrons. The summed E-state index contributed by atoms with van der Waals surface area (Å²) in [7, 11) is 2.07. The number of likely N-dealkylation sites (N-methyl/N-ethyl adjacent to an activating group) is 1. The molecule has 0 aromatic carbocycles. The molecule has 0 unspecified atom stereocenters. The summed E-state index contributed by atoms with van der Waals surface area (Å²) in [6, 6.07) is 0. The van der Waals surface area contributed by atoms with E-state index in [-0.39, 0.29) is 6.61 Å². The summed E-state index contributed by atoms with van der Waals surface area (Å²) >= 11 is 0. The molecule has 0 atom stereocenters. The lowest BCUT2D eigenvalue weighted by atomic mass is 10.0. The minimum absolute atomic E-state index is 0.104. The first-order valence-corrected chi connectivity index (χ1v) is 5.14. The lowest BCUT2D eigenvalue weighted by Crippen LogP contribution is -2.29. The molecule has 0 spiro atoms. The van der Waals surface area contributed by atoms with Crippen LogP contribution in [-0.4, -0.2) is 40.2 Å². The molecule has 5 nitrogen and oxygen atoms in total. The number of aromatic nitrogens is 2. The Morgan fingerprint density at radius 3 is 3.00 bits per heavy atom. The van der Waals surface area contributed by atoms with Gasteiger partial charge in [0.15, 0.2) is 0 Å². The summed E-state index contributed by atoms with van der Waals surface area (Å²) in [6.45, 7) is 1.96. The highest BCUT2D eigenvalue weighted by atomic mass is 16.3. The van der Waals surface area contributed by atoms with E-state index >= 15 is 0 Å². The molecule has 0 saturated carbocycles. The molecule has 1 aromatic heterocycles. The standard InChI is InChI=1S/C10H16N4O/c1-14-4-2-8-7(6-14)9(3-5-15)13-10(11)12-8/h15H,2-6H2,1H3,(H2,11,12,13). The fourth-order valence-electron chi connectivity index (χ4n) is 1.95. The first-order chi connectivity index (χ1) is 7.20. The Bertz CT molecular complexity index is 367. The van der Waals surface area contributed by atoms with Crippen molar-refractivity contribution < 1.29 is 5.11 Å². The molecule has 0 bridgehead atoms. The number of anilines is 1. The SMILES string of the molecule is CN1CCc2nc(N)nc(CCO)c2C1. The topological polar surface area (TPSA) is 75.3 Å². The number of aliphatic hydroxyl groups excluding tert-OH is 1. The first kappa shape index (κ1) is 10.3. The van der Waals surface area contributed by atoms with E-state index in [1.807, 2.05) is 0 Å². The van der Waals surface area contributed by atoms with E-state index in [4.69, 9.17) is 10.8 Å². The number of fused-ring (bicyclic) bond motifs is 1. The number of nitrogens with zero attached hydrogens (tertiary/aromatic N) is 3. The van der Waals surface area contributed by atoms with Crippen molar-refractivity contribution in [2.45, 2.75) is 19.4 Å².